The minimum atomic E-state index is 0.412. The summed E-state index contributed by atoms with van der Waals surface area (Å²) in [6, 6.07) is 0.466. The quantitative estimate of drug-likeness (QED) is 0.809. The van der Waals surface area contributed by atoms with Crippen LogP contribution in [0.4, 0.5) is 0 Å². The summed E-state index contributed by atoms with van der Waals surface area (Å²) in [4.78, 5) is 0. The first-order chi connectivity index (χ1) is 6.81. The van der Waals surface area contributed by atoms with Gasteiger partial charge in [-0.05, 0) is 25.2 Å². The molecule has 2 atom stereocenters. The fourth-order valence-corrected chi connectivity index (χ4v) is 2.14. The van der Waals surface area contributed by atoms with Crippen molar-refractivity contribution in [2.24, 2.45) is 5.92 Å². The first-order valence-electron chi connectivity index (χ1n) is 5.11. The van der Waals surface area contributed by atoms with Crippen LogP contribution in [0.25, 0.3) is 0 Å². The van der Waals surface area contributed by atoms with Gasteiger partial charge in [0, 0.05) is 29.8 Å². The Balaban J connectivity index is 1.78. The van der Waals surface area contributed by atoms with Crippen LogP contribution in [0.5, 0.6) is 0 Å². The van der Waals surface area contributed by atoms with Crippen LogP contribution in [0.15, 0.2) is 10.6 Å². The summed E-state index contributed by atoms with van der Waals surface area (Å²) in [5.41, 5.74) is 1.41. The monoisotopic (exact) mass is 235 g/mol. The zero-order valence-electron chi connectivity index (χ0n) is 8.01. The molecule has 4 heteroatoms. The molecule has 1 aliphatic carbocycles. The van der Waals surface area contributed by atoms with E-state index in [4.69, 9.17) is 27.9 Å². The van der Waals surface area contributed by atoms with E-state index in [1.807, 2.05) is 0 Å². The maximum absolute atomic E-state index is 5.81. The molecule has 0 amide bonds. The van der Waals surface area contributed by atoms with Crippen LogP contribution in [0.3, 0.4) is 0 Å². The van der Waals surface area contributed by atoms with E-state index in [0.29, 0.717) is 23.7 Å². The fourth-order valence-electron chi connectivity index (χ4n) is 1.99. The Bertz CT molecular complexity index is 228. The number of ether oxygens (including phenoxy) is 1. The molecule has 1 saturated heterocycles. The summed E-state index contributed by atoms with van der Waals surface area (Å²) in [6.45, 7) is 1.53. The maximum atomic E-state index is 5.81. The van der Waals surface area contributed by atoms with Crippen LogP contribution in [0.2, 0.25) is 0 Å². The van der Waals surface area contributed by atoms with E-state index in [0.717, 1.165) is 18.9 Å². The molecular weight excluding hydrogens is 221 g/mol. The van der Waals surface area contributed by atoms with Crippen molar-refractivity contribution in [2.75, 3.05) is 13.2 Å². The molecule has 2 nitrogen and oxygen atoms in total. The molecule has 0 aromatic heterocycles. The molecule has 80 valence electrons. The van der Waals surface area contributed by atoms with Gasteiger partial charge in [-0.2, -0.15) is 0 Å². The lowest BCUT2D eigenvalue weighted by atomic mass is 10.1. The summed E-state index contributed by atoms with van der Waals surface area (Å²) >= 11 is 11.3. The van der Waals surface area contributed by atoms with Crippen molar-refractivity contribution in [3.8, 4) is 0 Å². The molecular formula is C10H15Cl2NO. The molecule has 14 heavy (non-hydrogen) atoms. The van der Waals surface area contributed by atoms with Crippen molar-refractivity contribution < 1.29 is 4.74 Å². The summed E-state index contributed by atoms with van der Waals surface area (Å²) in [5, 5.41) is 4.05. The molecule has 0 spiro atoms. The highest BCUT2D eigenvalue weighted by Crippen LogP contribution is 2.38. The molecule has 1 N–H and O–H groups in total. The summed E-state index contributed by atoms with van der Waals surface area (Å²) in [5.74, 6) is 0.786. The lowest BCUT2D eigenvalue weighted by molar-refractivity contribution is 0.0818. The average Bonchev–Trinajstić information content (AvgIpc) is 2.94. The molecule has 2 rings (SSSR count). The number of halogens is 2. The van der Waals surface area contributed by atoms with Gasteiger partial charge in [-0.25, -0.2) is 0 Å². The zero-order valence-corrected chi connectivity index (χ0v) is 9.52. The van der Waals surface area contributed by atoms with Crippen LogP contribution >= 0.6 is 23.2 Å². The number of nitrogens with one attached hydrogen (secondary N) is 1. The van der Waals surface area contributed by atoms with E-state index in [9.17, 15) is 0 Å². The van der Waals surface area contributed by atoms with Crippen LogP contribution in [0, 0.1) is 5.92 Å². The standard InChI is InChI=1S/C10H15Cl2NO/c11-5-8(12)6-13-9-3-4-14-10(9)7-1-2-7/h5,7,9-10,13H,1-4,6H2/b8-5+. The van der Waals surface area contributed by atoms with Gasteiger partial charge in [0.05, 0.1) is 6.10 Å². The van der Waals surface area contributed by atoms with E-state index in [1.54, 1.807) is 0 Å². The summed E-state index contributed by atoms with van der Waals surface area (Å²) in [7, 11) is 0. The lowest BCUT2D eigenvalue weighted by Gasteiger charge is -2.19. The second-order valence-electron chi connectivity index (χ2n) is 4.00. The van der Waals surface area contributed by atoms with Gasteiger partial charge in [-0.3, -0.25) is 0 Å². The second-order valence-corrected chi connectivity index (χ2v) is 4.71. The first-order valence-corrected chi connectivity index (χ1v) is 5.92. The van der Waals surface area contributed by atoms with Crippen molar-refractivity contribution in [3.63, 3.8) is 0 Å². The molecule has 2 aliphatic rings. The summed E-state index contributed by atoms with van der Waals surface area (Å²) < 4.78 is 5.70. The first kappa shape index (κ1) is 10.7. The molecule has 0 aromatic rings. The predicted molar refractivity (Wildman–Crippen MR) is 58.7 cm³/mol. The third-order valence-corrected chi connectivity index (χ3v) is 3.49. The topological polar surface area (TPSA) is 21.3 Å². The minimum absolute atomic E-state index is 0.412. The van der Waals surface area contributed by atoms with E-state index < -0.39 is 0 Å². The Labute approximate surface area is 94.6 Å². The maximum Gasteiger partial charge on any atom is 0.0757 e. The Hall–Kier alpha value is 0.240. The van der Waals surface area contributed by atoms with Gasteiger partial charge < -0.3 is 10.1 Å². The highest BCUT2D eigenvalue weighted by molar-refractivity contribution is 6.36. The van der Waals surface area contributed by atoms with Gasteiger partial charge in [0.1, 0.15) is 0 Å². The van der Waals surface area contributed by atoms with Crippen molar-refractivity contribution in [3.05, 3.63) is 10.6 Å². The second kappa shape index (κ2) is 4.84. The Morgan fingerprint density at radius 3 is 2.86 bits per heavy atom. The Morgan fingerprint density at radius 1 is 1.43 bits per heavy atom. The van der Waals surface area contributed by atoms with Gasteiger partial charge in [0.25, 0.3) is 0 Å². The van der Waals surface area contributed by atoms with Crippen LogP contribution in [-0.2, 0) is 4.74 Å². The van der Waals surface area contributed by atoms with Crippen LogP contribution in [-0.4, -0.2) is 25.3 Å². The van der Waals surface area contributed by atoms with Gasteiger partial charge in [-0.15, -0.1) is 0 Å². The number of hydrogen-bond acceptors (Lipinski definition) is 2. The normalized spacial score (nSPS) is 33.7. The van der Waals surface area contributed by atoms with Crippen molar-refractivity contribution in [1.82, 2.24) is 5.32 Å². The van der Waals surface area contributed by atoms with Crippen LogP contribution < -0.4 is 5.32 Å². The molecule has 0 aromatic carbocycles. The van der Waals surface area contributed by atoms with Gasteiger partial charge in [0.15, 0.2) is 0 Å². The van der Waals surface area contributed by atoms with E-state index in [2.05, 4.69) is 5.32 Å². The third kappa shape index (κ3) is 2.63. The zero-order chi connectivity index (χ0) is 9.97. The van der Waals surface area contributed by atoms with Gasteiger partial charge in [0.2, 0.25) is 0 Å². The Morgan fingerprint density at radius 2 is 2.21 bits per heavy atom. The fraction of sp³-hybridized carbons (Fsp3) is 0.800. The van der Waals surface area contributed by atoms with E-state index >= 15 is 0 Å². The summed E-state index contributed by atoms with van der Waals surface area (Å²) in [6.07, 6.45) is 4.15. The molecule has 0 radical (unpaired) electrons. The lowest BCUT2D eigenvalue weighted by Crippen LogP contribution is -2.38. The molecule has 2 unspecified atom stereocenters. The van der Waals surface area contributed by atoms with Crippen molar-refractivity contribution in [2.45, 2.75) is 31.4 Å². The highest BCUT2D eigenvalue weighted by atomic mass is 35.5. The smallest absolute Gasteiger partial charge is 0.0757 e. The Kier molecular flexibility index (Phi) is 3.72. The molecule has 0 bridgehead atoms. The van der Waals surface area contributed by atoms with Gasteiger partial charge >= 0.3 is 0 Å². The number of hydrogen-bond donors (Lipinski definition) is 1. The number of rotatable bonds is 4. The predicted octanol–water partition coefficient (Wildman–Crippen LogP) is 2.46. The van der Waals surface area contributed by atoms with Crippen molar-refractivity contribution >= 4 is 23.2 Å². The third-order valence-electron chi connectivity index (χ3n) is 2.87. The van der Waals surface area contributed by atoms with E-state index in [1.165, 1.54) is 18.4 Å². The van der Waals surface area contributed by atoms with Crippen LogP contribution in [0.1, 0.15) is 19.3 Å². The highest BCUT2D eigenvalue weighted by Gasteiger charge is 2.40. The molecule has 1 heterocycles. The van der Waals surface area contributed by atoms with E-state index in [-0.39, 0.29) is 0 Å². The molecule has 1 saturated carbocycles. The molecule has 1 aliphatic heterocycles. The van der Waals surface area contributed by atoms with Crippen molar-refractivity contribution in [1.29, 1.82) is 0 Å². The molecule has 2 fully saturated rings. The average molecular weight is 236 g/mol. The van der Waals surface area contributed by atoms with Gasteiger partial charge in [-0.1, -0.05) is 23.2 Å². The minimum Gasteiger partial charge on any atom is -0.376 e. The SMILES string of the molecule is Cl/C=C(/Cl)CNC1CCOC1C1CC1. The largest absolute Gasteiger partial charge is 0.376 e.